The van der Waals surface area contributed by atoms with Crippen molar-refractivity contribution in [2.45, 2.75) is 51.1 Å². The number of rotatable bonds is 5. The third-order valence-corrected chi connectivity index (χ3v) is 7.65. The van der Waals surface area contributed by atoms with Crippen LogP contribution in [0.25, 0.3) is 0 Å². The molecule has 3 fully saturated rings. The summed E-state index contributed by atoms with van der Waals surface area (Å²) in [5.41, 5.74) is 1.51. The van der Waals surface area contributed by atoms with E-state index in [4.69, 9.17) is 0 Å². The maximum atomic E-state index is 13.2. The van der Waals surface area contributed by atoms with E-state index in [1.165, 1.54) is 25.7 Å². The van der Waals surface area contributed by atoms with Gasteiger partial charge in [0.05, 0.1) is 11.1 Å². The van der Waals surface area contributed by atoms with E-state index in [1.54, 1.807) is 12.1 Å². The van der Waals surface area contributed by atoms with E-state index in [0.717, 1.165) is 41.9 Å². The van der Waals surface area contributed by atoms with Gasteiger partial charge in [-0.2, -0.15) is 0 Å². The predicted molar refractivity (Wildman–Crippen MR) is 117 cm³/mol. The van der Waals surface area contributed by atoms with Gasteiger partial charge in [-0.1, -0.05) is 12.1 Å². The zero-order valence-electron chi connectivity index (χ0n) is 18.2. The highest BCUT2D eigenvalue weighted by molar-refractivity contribution is 6.24. The van der Waals surface area contributed by atoms with Gasteiger partial charge in [-0.15, -0.1) is 0 Å². The van der Waals surface area contributed by atoms with Gasteiger partial charge in [0.2, 0.25) is 11.8 Å². The van der Waals surface area contributed by atoms with Crippen LogP contribution in [-0.2, 0) is 16.1 Å². The molecule has 3 heterocycles. The average Bonchev–Trinajstić information content (AvgIpc) is 3.05. The fourth-order valence-corrected chi connectivity index (χ4v) is 5.95. The molecule has 0 bridgehead atoms. The Kier molecular flexibility index (Phi) is 5.82. The molecule has 0 spiro atoms. The van der Waals surface area contributed by atoms with E-state index in [2.05, 4.69) is 16.0 Å². The van der Waals surface area contributed by atoms with Crippen molar-refractivity contribution < 1.29 is 19.2 Å². The van der Waals surface area contributed by atoms with Crippen LogP contribution in [-0.4, -0.2) is 54.2 Å². The van der Waals surface area contributed by atoms with Crippen LogP contribution >= 0.6 is 0 Å². The number of nitrogens with one attached hydrogen (secondary N) is 3. The summed E-state index contributed by atoms with van der Waals surface area (Å²) in [6.07, 6.45) is 5.32. The molecule has 32 heavy (non-hydrogen) atoms. The molecule has 0 aromatic heterocycles. The van der Waals surface area contributed by atoms with Crippen molar-refractivity contribution in [1.29, 1.82) is 0 Å². The molecular weight excluding hydrogens is 408 g/mol. The Morgan fingerprint density at radius 1 is 1.00 bits per heavy atom. The van der Waals surface area contributed by atoms with Gasteiger partial charge in [0, 0.05) is 13.0 Å². The highest BCUT2D eigenvalue weighted by atomic mass is 16.2. The van der Waals surface area contributed by atoms with Crippen molar-refractivity contribution in [1.82, 2.24) is 20.9 Å². The minimum Gasteiger partial charge on any atom is -0.316 e. The molecule has 1 aromatic rings. The van der Waals surface area contributed by atoms with Crippen molar-refractivity contribution in [3.05, 3.63) is 34.9 Å². The molecule has 3 N–H and O–H groups in total. The van der Waals surface area contributed by atoms with Gasteiger partial charge in [0.1, 0.15) is 6.04 Å². The molecule has 8 heteroatoms. The first-order valence-electron chi connectivity index (χ1n) is 11.8. The number of hydrogen-bond acceptors (Lipinski definition) is 6. The second kappa shape index (κ2) is 8.75. The average molecular weight is 439 g/mol. The lowest BCUT2D eigenvalue weighted by molar-refractivity contribution is -0.136. The van der Waals surface area contributed by atoms with E-state index >= 15 is 0 Å². The minimum atomic E-state index is -0.930. The molecule has 1 saturated carbocycles. The monoisotopic (exact) mass is 438 g/mol. The van der Waals surface area contributed by atoms with Crippen LogP contribution in [0.1, 0.15) is 64.8 Å². The Labute approximate surface area is 187 Å². The number of nitrogens with zero attached hydrogens (tertiary/aromatic N) is 1. The summed E-state index contributed by atoms with van der Waals surface area (Å²) < 4.78 is 0. The van der Waals surface area contributed by atoms with Gasteiger partial charge < -0.3 is 10.6 Å². The van der Waals surface area contributed by atoms with E-state index < -0.39 is 23.8 Å². The Balaban J connectivity index is 1.24. The van der Waals surface area contributed by atoms with Crippen LogP contribution in [0.2, 0.25) is 0 Å². The maximum Gasteiger partial charge on any atom is 0.262 e. The molecule has 1 aromatic carbocycles. The van der Waals surface area contributed by atoms with E-state index in [-0.39, 0.29) is 18.7 Å². The summed E-state index contributed by atoms with van der Waals surface area (Å²) in [6.45, 7) is 3.69. The predicted octanol–water partition coefficient (Wildman–Crippen LogP) is 1.20. The SMILES string of the molecule is O=C1CCC(N2C(=O)c3cccc(CNCC4CCC5CNCCC5C4)c3C2=O)C(=O)N1. The number of amides is 4. The van der Waals surface area contributed by atoms with Gasteiger partial charge in [-0.05, 0) is 81.1 Å². The highest BCUT2D eigenvalue weighted by Crippen LogP contribution is 2.37. The largest absolute Gasteiger partial charge is 0.316 e. The summed E-state index contributed by atoms with van der Waals surface area (Å²) in [4.78, 5) is 50.9. The molecule has 4 atom stereocenters. The van der Waals surface area contributed by atoms with E-state index in [9.17, 15) is 19.2 Å². The Morgan fingerprint density at radius 2 is 1.88 bits per heavy atom. The lowest BCUT2D eigenvalue weighted by Gasteiger charge is -2.39. The summed E-state index contributed by atoms with van der Waals surface area (Å²) in [5.74, 6) is 0.440. The number of fused-ring (bicyclic) bond motifs is 2. The van der Waals surface area contributed by atoms with Crippen LogP contribution in [0.5, 0.6) is 0 Å². The summed E-state index contributed by atoms with van der Waals surface area (Å²) in [5, 5.41) is 9.26. The topological polar surface area (TPSA) is 108 Å². The second-order valence-corrected chi connectivity index (χ2v) is 9.61. The van der Waals surface area contributed by atoms with Crippen molar-refractivity contribution in [2.24, 2.45) is 17.8 Å². The Hall–Kier alpha value is -2.58. The first-order valence-corrected chi connectivity index (χ1v) is 11.8. The van der Waals surface area contributed by atoms with Crippen LogP contribution < -0.4 is 16.0 Å². The number of hydrogen-bond donors (Lipinski definition) is 3. The van der Waals surface area contributed by atoms with Crippen molar-refractivity contribution in [2.75, 3.05) is 19.6 Å². The van der Waals surface area contributed by atoms with Crippen LogP contribution in [0.4, 0.5) is 0 Å². The zero-order valence-corrected chi connectivity index (χ0v) is 18.2. The van der Waals surface area contributed by atoms with Crippen molar-refractivity contribution >= 4 is 23.6 Å². The highest BCUT2D eigenvalue weighted by Gasteiger charge is 2.45. The van der Waals surface area contributed by atoms with Gasteiger partial charge in [-0.25, -0.2) is 0 Å². The van der Waals surface area contributed by atoms with E-state index in [1.807, 2.05) is 6.07 Å². The third kappa shape index (κ3) is 3.86. The van der Waals surface area contributed by atoms with Gasteiger partial charge >= 0.3 is 0 Å². The molecule has 4 unspecified atom stereocenters. The molecule has 5 rings (SSSR count). The first kappa shape index (κ1) is 21.3. The number of benzene rings is 1. The van der Waals surface area contributed by atoms with Crippen LogP contribution in [0.3, 0.4) is 0 Å². The molecule has 4 aliphatic rings. The van der Waals surface area contributed by atoms with Crippen molar-refractivity contribution in [3.63, 3.8) is 0 Å². The lowest BCUT2D eigenvalue weighted by Crippen LogP contribution is -2.54. The standard InChI is InChI=1S/C24H30N4O4/c29-20-7-6-19(22(30)27-20)28-23(31)18-3-1-2-17(21(18)24(28)32)13-26-11-14-4-5-16-12-25-9-8-15(16)10-14/h1-3,14-16,19,25-26H,4-13H2,(H,27,29,30). The van der Waals surface area contributed by atoms with Gasteiger partial charge in [0.25, 0.3) is 11.8 Å². The van der Waals surface area contributed by atoms with Crippen LogP contribution in [0, 0.1) is 17.8 Å². The minimum absolute atomic E-state index is 0.123. The number of piperidine rings is 2. The quantitative estimate of drug-likeness (QED) is 0.597. The van der Waals surface area contributed by atoms with Crippen molar-refractivity contribution in [3.8, 4) is 0 Å². The molecule has 170 valence electrons. The maximum absolute atomic E-state index is 13.2. The Morgan fingerprint density at radius 3 is 2.72 bits per heavy atom. The molecule has 0 radical (unpaired) electrons. The normalized spacial score (nSPS) is 30.2. The molecule has 2 saturated heterocycles. The fraction of sp³-hybridized carbons (Fsp3) is 0.583. The Bertz CT molecular complexity index is 961. The lowest BCUT2D eigenvalue weighted by atomic mass is 9.71. The number of carbonyl (C=O) groups excluding carboxylic acids is 4. The second-order valence-electron chi connectivity index (χ2n) is 9.61. The fourth-order valence-electron chi connectivity index (χ4n) is 5.95. The summed E-state index contributed by atoms with van der Waals surface area (Å²) in [6, 6.07) is 4.37. The molecule has 1 aliphatic carbocycles. The van der Waals surface area contributed by atoms with Gasteiger partial charge in [-0.3, -0.25) is 29.4 Å². The third-order valence-electron chi connectivity index (χ3n) is 7.65. The molecule has 8 nitrogen and oxygen atoms in total. The molecular formula is C24H30N4O4. The number of carbonyl (C=O) groups is 4. The first-order chi connectivity index (χ1) is 15.5. The summed E-state index contributed by atoms with van der Waals surface area (Å²) in [7, 11) is 0. The van der Waals surface area contributed by atoms with Gasteiger partial charge in [0.15, 0.2) is 0 Å². The molecule has 3 aliphatic heterocycles. The number of imide groups is 2. The smallest absolute Gasteiger partial charge is 0.262 e. The molecule has 4 amide bonds. The van der Waals surface area contributed by atoms with E-state index in [0.29, 0.717) is 23.6 Å². The summed E-state index contributed by atoms with van der Waals surface area (Å²) >= 11 is 0. The zero-order chi connectivity index (χ0) is 22.2. The van der Waals surface area contributed by atoms with Crippen LogP contribution in [0.15, 0.2) is 18.2 Å².